The van der Waals surface area contributed by atoms with Crippen LogP contribution in [0.2, 0.25) is 0 Å². The number of aromatic nitrogens is 1. The Labute approximate surface area is 175 Å². The molecule has 2 heterocycles. The summed E-state index contributed by atoms with van der Waals surface area (Å²) in [7, 11) is 1.69. The highest BCUT2D eigenvalue weighted by Gasteiger charge is 2.22. The van der Waals surface area contributed by atoms with E-state index in [2.05, 4.69) is 34.7 Å². The number of hydrogen-bond donors (Lipinski definition) is 1. The number of ether oxygens (including phenoxy) is 1. The molecule has 2 rings (SSSR count). The number of likely N-dealkylation sites (tertiary alicyclic amines) is 1. The van der Waals surface area contributed by atoms with Crippen molar-refractivity contribution in [1.29, 1.82) is 5.26 Å². The van der Waals surface area contributed by atoms with Gasteiger partial charge in [0.25, 0.3) is 5.91 Å². The predicted molar refractivity (Wildman–Crippen MR) is 117 cm³/mol. The fraction of sp³-hybridized carbons (Fsp3) is 0.652. The molecule has 1 amide bonds. The zero-order chi connectivity index (χ0) is 21.4. The Bertz CT molecular complexity index is 752. The summed E-state index contributed by atoms with van der Waals surface area (Å²) in [6.07, 6.45) is 6.02. The number of hydrogen-bond acceptors (Lipinski definition) is 4. The van der Waals surface area contributed by atoms with Gasteiger partial charge in [0, 0.05) is 37.6 Å². The molecule has 0 radical (unpaired) electrons. The van der Waals surface area contributed by atoms with E-state index in [0.717, 1.165) is 49.4 Å². The summed E-state index contributed by atoms with van der Waals surface area (Å²) in [6.45, 7) is 12.1. The molecular weight excluding hydrogens is 364 g/mol. The molecule has 1 fully saturated rings. The molecule has 6 nitrogen and oxygen atoms in total. The van der Waals surface area contributed by atoms with Crippen molar-refractivity contribution >= 4 is 12.0 Å². The van der Waals surface area contributed by atoms with E-state index in [4.69, 9.17) is 4.74 Å². The number of carbonyl (C=O) groups is 1. The number of nitrogens with one attached hydrogen (secondary N) is 1. The molecule has 0 aliphatic carbocycles. The van der Waals surface area contributed by atoms with Gasteiger partial charge in [0.2, 0.25) is 0 Å². The predicted octanol–water partition coefficient (Wildman–Crippen LogP) is 3.60. The van der Waals surface area contributed by atoms with E-state index < -0.39 is 0 Å². The summed E-state index contributed by atoms with van der Waals surface area (Å²) >= 11 is 0. The SMILES string of the molecule is CCCCN1CCC(NC(=O)/C(C#N)=C/c2cc(C)n(C(C)COC)c2C)CC1. The highest BCUT2D eigenvalue weighted by atomic mass is 16.5. The molecule has 1 aromatic rings. The van der Waals surface area contributed by atoms with Crippen LogP contribution in [0.3, 0.4) is 0 Å². The molecule has 1 N–H and O–H groups in total. The van der Waals surface area contributed by atoms with Crippen LogP contribution in [0.25, 0.3) is 6.08 Å². The minimum Gasteiger partial charge on any atom is -0.383 e. The van der Waals surface area contributed by atoms with E-state index in [-0.39, 0.29) is 23.6 Å². The lowest BCUT2D eigenvalue weighted by Crippen LogP contribution is -2.45. The number of carbonyl (C=O) groups excluding carboxylic acids is 1. The normalized spacial score (nSPS) is 17.2. The third-order valence-corrected chi connectivity index (χ3v) is 5.79. The molecule has 1 aliphatic heterocycles. The summed E-state index contributed by atoms with van der Waals surface area (Å²) in [5.41, 5.74) is 3.21. The van der Waals surface area contributed by atoms with Crippen molar-refractivity contribution in [3.8, 4) is 6.07 Å². The van der Waals surface area contributed by atoms with Crippen molar-refractivity contribution in [3.05, 3.63) is 28.6 Å². The molecule has 6 heteroatoms. The van der Waals surface area contributed by atoms with Crippen molar-refractivity contribution in [2.24, 2.45) is 0 Å². The van der Waals surface area contributed by atoms with Crippen LogP contribution in [-0.4, -0.2) is 54.8 Å². The molecular formula is C23H36N4O2. The quantitative estimate of drug-likeness (QED) is 0.508. The molecule has 160 valence electrons. The van der Waals surface area contributed by atoms with Gasteiger partial charge in [-0.05, 0) is 64.3 Å². The van der Waals surface area contributed by atoms with Crippen LogP contribution in [0.5, 0.6) is 0 Å². The second kappa shape index (κ2) is 11.2. The van der Waals surface area contributed by atoms with Gasteiger partial charge in [-0.15, -0.1) is 0 Å². The van der Waals surface area contributed by atoms with Gasteiger partial charge in [0.15, 0.2) is 0 Å². The van der Waals surface area contributed by atoms with Crippen molar-refractivity contribution in [2.75, 3.05) is 33.4 Å². The fourth-order valence-electron chi connectivity index (χ4n) is 4.19. The topological polar surface area (TPSA) is 70.3 Å². The molecule has 0 bridgehead atoms. The summed E-state index contributed by atoms with van der Waals surface area (Å²) < 4.78 is 7.46. The Morgan fingerprint density at radius 3 is 2.69 bits per heavy atom. The second-order valence-corrected chi connectivity index (χ2v) is 8.11. The smallest absolute Gasteiger partial charge is 0.262 e. The molecule has 29 heavy (non-hydrogen) atoms. The molecule has 0 saturated carbocycles. The largest absolute Gasteiger partial charge is 0.383 e. The molecule has 1 aliphatic rings. The van der Waals surface area contributed by atoms with Gasteiger partial charge >= 0.3 is 0 Å². The molecule has 1 saturated heterocycles. The Hall–Kier alpha value is -2.10. The van der Waals surface area contributed by atoms with Crippen molar-refractivity contribution in [3.63, 3.8) is 0 Å². The highest BCUT2D eigenvalue weighted by molar-refractivity contribution is 6.02. The lowest BCUT2D eigenvalue weighted by Gasteiger charge is -2.32. The standard InChI is InChI=1S/C23H36N4O2/c1-6-7-10-26-11-8-22(9-12-26)25-23(28)21(15-24)14-20-13-17(2)27(19(20)4)18(3)16-29-5/h13-14,18,22H,6-12,16H2,1-5H3,(H,25,28)/b21-14+. The summed E-state index contributed by atoms with van der Waals surface area (Å²) in [6, 6.07) is 4.46. The molecule has 1 atom stereocenters. The Balaban J connectivity index is 2.04. The third-order valence-electron chi connectivity index (χ3n) is 5.79. The van der Waals surface area contributed by atoms with Gasteiger partial charge in [0.1, 0.15) is 11.6 Å². The highest BCUT2D eigenvalue weighted by Crippen LogP contribution is 2.23. The van der Waals surface area contributed by atoms with E-state index in [9.17, 15) is 10.1 Å². The summed E-state index contributed by atoms with van der Waals surface area (Å²) in [4.78, 5) is 15.2. The number of piperidine rings is 1. The maximum Gasteiger partial charge on any atom is 0.262 e. The van der Waals surface area contributed by atoms with Crippen LogP contribution in [0.15, 0.2) is 11.6 Å². The second-order valence-electron chi connectivity index (χ2n) is 8.11. The Morgan fingerprint density at radius 2 is 2.10 bits per heavy atom. The molecule has 0 aromatic carbocycles. The Morgan fingerprint density at radius 1 is 1.41 bits per heavy atom. The summed E-state index contributed by atoms with van der Waals surface area (Å²) in [5, 5.41) is 12.6. The fourth-order valence-corrected chi connectivity index (χ4v) is 4.19. The first-order valence-corrected chi connectivity index (χ1v) is 10.7. The molecule has 1 unspecified atom stereocenters. The number of nitrogens with zero attached hydrogens (tertiary/aromatic N) is 3. The first-order valence-electron chi connectivity index (χ1n) is 10.7. The molecule has 1 aromatic heterocycles. The van der Waals surface area contributed by atoms with Gasteiger partial charge in [-0.1, -0.05) is 13.3 Å². The number of aryl methyl sites for hydroxylation is 1. The first kappa shape index (κ1) is 23.2. The van der Waals surface area contributed by atoms with Gasteiger partial charge < -0.3 is 19.5 Å². The average molecular weight is 401 g/mol. The van der Waals surface area contributed by atoms with Gasteiger partial charge in [-0.3, -0.25) is 4.79 Å². The monoisotopic (exact) mass is 400 g/mol. The van der Waals surface area contributed by atoms with E-state index >= 15 is 0 Å². The van der Waals surface area contributed by atoms with Crippen LogP contribution in [0, 0.1) is 25.2 Å². The van der Waals surface area contributed by atoms with Crippen molar-refractivity contribution in [1.82, 2.24) is 14.8 Å². The van der Waals surface area contributed by atoms with E-state index in [1.54, 1.807) is 13.2 Å². The van der Waals surface area contributed by atoms with E-state index in [1.807, 2.05) is 19.9 Å². The van der Waals surface area contributed by atoms with Crippen LogP contribution >= 0.6 is 0 Å². The summed E-state index contributed by atoms with van der Waals surface area (Å²) in [5.74, 6) is -0.269. The van der Waals surface area contributed by atoms with E-state index in [0.29, 0.717) is 6.61 Å². The number of nitriles is 1. The maximum absolute atomic E-state index is 12.7. The van der Waals surface area contributed by atoms with Crippen LogP contribution in [0.1, 0.15) is 62.5 Å². The van der Waals surface area contributed by atoms with Crippen LogP contribution < -0.4 is 5.32 Å². The minimum absolute atomic E-state index is 0.145. The Kier molecular flexibility index (Phi) is 8.94. The number of rotatable bonds is 9. The van der Waals surface area contributed by atoms with Gasteiger partial charge in [-0.2, -0.15) is 5.26 Å². The van der Waals surface area contributed by atoms with Crippen LogP contribution in [-0.2, 0) is 9.53 Å². The zero-order valence-electron chi connectivity index (χ0n) is 18.6. The average Bonchev–Trinajstić information content (AvgIpc) is 2.98. The van der Waals surface area contributed by atoms with Gasteiger partial charge in [0.05, 0.1) is 12.6 Å². The lowest BCUT2D eigenvalue weighted by molar-refractivity contribution is -0.118. The maximum atomic E-state index is 12.7. The minimum atomic E-state index is -0.269. The van der Waals surface area contributed by atoms with Crippen molar-refractivity contribution < 1.29 is 9.53 Å². The third kappa shape index (κ3) is 6.19. The zero-order valence-corrected chi connectivity index (χ0v) is 18.6. The van der Waals surface area contributed by atoms with Crippen LogP contribution in [0.4, 0.5) is 0 Å². The molecule has 0 spiro atoms. The van der Waals surface area contributed by atoms with Gasteiger partial charge in [-0.25, -0.2) is 0 Å². The van der Waals surface area contributed by atoms with E-state index in [1.165, 1.54) is 12.8 Å². The van der Waals surface area contributed by atoms with Crippen molar-refractivity contribution in [2.45, 2.75) is 65.5 Å². The lowest BCUT2D eigenvalue weighted by atomic mass is 10.0. The number of methoxy groups -OCH3 is 1. The number of amides is 1. The first-order chi connectivity index (χ1) is 13.9. The number of unbranched alkanes of at least 4 members (excludes halogenated alkanes) is 1.